The summed E-state index contributed by atoms with van der Waals surface area (Å²) < 4.78 is 0.969. The van der Waals surface area contributed by atoms with Crippen LogP contribution >= 0.6 is 15.9 Å². The molecule has 1 aromatic carbocycles. The van der Waals surface area contributed by atoms with Gasteiger partial charge in [0.25, 0.3) is 0 Å². The first-order chi connectivity index (χ1) is 6.87. The van der Waals surface area contributed by atoms with Crippen LogP contribution in [-0.4, -0.2) is 5.91 Å². The summed E-state index contributed by atoms with van der Waals surface area (Å²) in [5, 5.41) is 2.87. The maximum atomic E-state index is 11.6. The van der Waals surface area contributed by atoms with Gasteiger partial charge < -0.3 is 5.32 Å². The van der Waals surface area contributed by atoms with Gasteiger partial charge in [0.1, 0.15) is 0 Å². The van der Waals surface area contributed by atoms with Gasteiger partial charge in [-0.05, 0) is 23.6 Å². The fraction of sp³-hybridized carbons (Fsp3) is 0.417. The van der Waals surface area contributed by atoms with Gasteiger partial charge in [0, 0.05) is 16.6 Å². The summed E-state index contributed by atoms with van der Waals surface area (Å²) in [6.45, 7) is 6.15. The van der Waals surface area contributed by atoms with E-state index in [9.17, 15) is 4.79 Å². The van der Waals surface area contributed by atoms with Crippen molar-refractivity contribution in [3.8, 4) is 0 Å². The third-order valence-electron chi connectivity index (χ3n) is 1.80. The van der Waals surface area contributed by atoms with Crippen LogP contribution in [0.3, 0.4) is 0 Å². The highest BCUT2D eigenvalue weighted by Crippen LogP contribution is 2.20. The molecule has 1 N–H and O–H groups in total. The number of carbonyl (C=O) groups is 1. The fourth-order valence-corrected chi connectivity index (χ4v) is 1.65. The number of hydrogen-bond acceptors (Lipinski definition) is 1. The van der Waals surface area contributed by atoms with Gasteiger partial charge in [-0.15, -0.1) is 0 Å². The van der Waals surface area contributed by atoms with Crippen molar-refractivity contribution in [1.29, 1.82) is 0 Å². The number of benzene rings is 1. The molecule has 0 fully saturated rings. The molecule has 0 atom stereocenters. The zero-order chi connectivity index (χ0) is 11.5. The number of hydrogen-bond donors (Lipinski definition) is 1. The van der Waals surface area contributed by atoms with Crippen molar-refractivity contribution in [2.45, 2.75) is 27.2 Å². The fourth-order valence-electron chi connectivity index (χ4n) is 1.25. The monoisotopic (exact) mass is 269 g/mol. The molecule has 0 aliphatic heterocycles. The lowest BCUT2D eigenvalue weighted by Crippen LogP contribution is -2.19. The molecular weight excluding hydrogens is 254 g/mol. The summed E-state index contributed by atoms with van der Waals surface area (Å²) in [4.78, 5) is 11.6. The molecule has 0 spiro atoms. The van der Waals surface area contributed by atoms with Gasteiger partial charge in [-0.1, -0.05) is 42.8 Å². The molecule has 1 aromatic rings. The molecule has 3 heteroatoms. The highest BCUT2D eigenvalue weighted by molar-refractivity contribution is 9.10. The van der Waals surface area contributed by atoms with Crippen LogP contribution in [-0.2, 0) is 4.79 Å². The standard InChI is InChI=1S/C12H16BrNO/c1-12(2,3)8-11(15)14-10-6-4-5-9(13)7-10/h4-7H,8H2,1-3H3,(H,14,15). The van der Waals surface area contributed by atoms with Crippen molar-refractivity contribution in [3.05, 3.63) is 28.7 Å². The van der Waals surface area contributed by atoms with Crippen LogP contribution in [0.15, 0.2) is 28.7 Å². The van der Waals surface area contributed by atoms with Gasteiger partial charge in [-0.25, -0.2) is 0 Å². The zero-order valence-corrected chi connectivity index (χ0v) is 10.9. The minimum Gasteiger partial charge on any atom is -0.326 e. The van der Waals surface area contributed by atoms with Crippen LogP contribution in [0.2, 0.25) is 0 Å². The highest BCUT2D eigenvalue weighted by Gasteiger charge is 2.15. The number of amides is 1. The van der Waals surface area contributed by atoms with Crippen molar-refractivity contribution >= 4 is 27.5 Å². The molecule has 0 unspecified atom stereocenters. The van der Waals surface area contributed by atoms with Crippen molar-refractivity contribution < 1.29 is 4.79 Å². The van der Waals surface area contributed by atoms with Gasteiger partial charge in [-0.3, -0.25) is 4.79 Å². The summed E-state index contributed by atoms with van der Waals surface area (Å²) in [5.41, 5.74) is 0.856. The SMILES string of the molecule is CC(C)(C)CC(=O)Nc1cccc(Br)c1. The Hall–Kier alpha value is -0.830. The molecule has 0 aromatic heterocycles. The van der Waals surface area contributed by atoms with E-state index in [-0.39, 0.29) is 11.3 Å². The minimum absolute atomic E-state index is 0.0239. The third kappa shape index (κ3) is 4.98. The molecule has 0 saturated carbocycles. The Kier molecular flexibility index (Phi) is 3.91. The van der Waals surface area contributed by atoms with E-state index in [1.165, 1.54) is 0 Å². The molecule has 0 saturated heterocycles. The predicted molar refractivity (Wildman–Crippen MR) is 66.8 cm³/mol. The Morgan fingerprint density at radius 1 is 1.40 bits per heavy atom. The molecule has 15 heavy (non-hydrogen) atoms. The Morgan fingerprint density at radius 2 is 2.07 bits per heavy atom. The Morgan fingerprint density at radius 3 is 2.60 bits per heavy atom. The van der Waals surface area contributed by atoms with Crippen LogP contribution in [0, 0.1) is 5.41 Å². The quantitative estimate of drug-likeness (QED) is 0.869. The molecule has 2 nitrogen and oxygen atoms in total. The second-order valence-corrected chi connectivity index (χ2v) is 5.71. The van der Waals surface area contributed by atoms with Crippen LogP contribution in [0.5, 0.6) is 0 Å². The average molecular weight is 270 g/mol. The maximum absolute atomic E-state index is 11.6. The Bertz CT molecular complexity index is 355. The Balaban J connectivity index is 2.59. The molecule has 1 amide bonds. The number of halogens is 1. The van der Waals surface area contributed by atoms with E-state index in [1.807, 2.05) is 45.0 Å². The van der Waals surface area contributed by atoms with E-state index in [0.717, 1.165) is 10.2 Å². The number of anilines is 1. The van der Waals surface area contributed by atoms with Crippen molar-refractivity contribution in [2.24, 2.45) is 5.41 Å². The molecule has 0 aliphatic rings. The number of rotatable bonds is 2. The van der Waals surface area contributed by atoms with Gasteiger partial charge in [0.05, 0.1) is 0 Å². The summed E-state index contributed by atoms with van der Waals surface area (Å²) in [7, 11) is 0. The lowest BCUT2D eigenvalue weighted by atomic mass is 9.92. The van der Waals surface area contributed by atoms with Crippen LogP contribution in [0.4, 0.5) is 5.69 Å². The van der Waals surface area contributed by atoms with E-state index in [0.29, 0.717) is 6.42 Å². The molecule has 0 bridgehead atoms. The van der Waals surface area contributed by atoms with Crippen LogP contribution in [0.1, 0.15) is 27.2 Å². The van der Waals surface area contributed by atoms with Gasteiger partial charge in [0.15, 0.2) is 0 Å². The average Bonchev–Trinajstić information content (AvgIpc) is 1.99. The van der Waals surface area contributed by atoms with Crippen LogP contribution in [0.25, 0.3) is 0 Å². The first-order valence-corrected chi connectivity index (χ1v) is 5.71. The molecule has 0 heterocycles. The minimum atomic E-state index is 0.0239. The highest BCUT2D eigenvalue weighted by atomic mass is 79.9. The molecule has 0 radical (unpaired) electrons. The zero-order valence-electron chi connectivity index (χ0n) is 9.30. The largest absolute Gasteiger partial charge is 0.326 e. The number of carbonyl (C=O) groups excluding carboxylic acids is 1. The third-order valence-corrected chi connectivity index (χ3v) is 2.29. The van der Waals surface area contributed by atoms with Crippen molar-refractivity contribution in [1.82, 2.24) is 0 Å². The van der Waals surface area contributed by atoms with Gasteiger partial charge >= 0.3 is 0 Å². The van der Waals surface area contributed by atoms with E-state index in [1.54, 1.807) is 0 Å². The van der Waals surface area contributed by atoms with Gasteiger partial charge in [0.2, 0.25) is 5.91 Å². The molecule has 1 rings (SSSR count). The van der Waals surface area contributed by atoms with E-state index in [4.69, 9.17) is 0 Å². The van der Waals surface area contributed by atoms with Crippen LogP contribution < -0.4 is 5.32 Å². The summed E-state index contributed by atoms with van der Waals surface area (Å²) >= 11 is 3.36. The second kappa shape index (κ2) is 4.79. The van der Waals surface area contributed by atoms with Crippen molar-refractivity contribution in [3.63, 3.8) is 0 Å². The summed E-state index contributed by atoms with van der Waals surface area (Å²) in [6, 6.07) is 7.60. The first kappa shape index (κ1) is 12.2. The predicted octanol–water partition coefficient (Wildman–Crippen LogP) is 3.82. The molecule has 82 valence electrons. The van der Waals surface area contributed by atoms with Gasteiger partial charge in [-0.2, -0.15) is 0 Å². The number of nitrogens with one attached hydrogen (secondary N) is 1. The Labute approximate surface area is 99.2 Å². The topological polar surface area (TPSA) is 29.1 Å². The summed E-state index contributed by atoms with van der Waals surface area (Å²) in [6.07, 6.45) is 0.527. The van der Waals surface area contributed by atoms with Crippen molar-refractivity contribution in [2.75, 3.05) is 5.32 Å². The first-order valence-electron chi connectivity index (χ1n) is 4.92. The molecule has 0 aliphatic carbocycles. The van der Waals surface area contributed by atoms with E-state index in [2.05, 4.69) is 21.2 Å². The smallest absolute Gasteiger partial charge is 0.224 e. The summed E-state index contributed by atoms with van der Waals surface area (Å²) in [5.74, 6) is 0.0561. The lowest BCUT2D eigenvalue weighted by Gasteiger charge is -2.17. The van der Waals surface area contributed by atoms with E-state index >= 15 is 0 Å². The second-order valence-electron chi connectivity index (χ2n) is 4.80. The maximum Gasteiger partial charge on any atom is 0.224 e. The lowest BCUT2D eigenvalue weighted by molar-refractivity contribution is -0.117. The normalized spacial score (nSPS) is 11.2. The molecular formula is C12H16BrNO. The van der Waals surface area contributed by atoms with E-state index < -0.39 is 0 Å².